The molecule has 18 heavy (non-hydrogen) atoms. The van der Waals surface area contributed by atoms with Gasteiger partial charge in [-0.2, -0.15) is 4.39 Å². The Morgan fingerprint density at radius 2 is 2.22 bits per heavy atom. The van der Waals surface area contributed by atoms with Crippen LogP contribution in [0.1, 0.15) is 18.9 Å². The molecule has 1 heterocycles. The summed E-state index contributed by atoms with van der Waals surface area (Å²) >= 11 is 0. The smallest absolute Gasteiger partial charge is 0.350 e. The van der Waals surface area contributed by atoms with Crippen molar-refractivity contribution in [3.05, 3.63) is 23.3 Å². The van der Waals surface area contributed by atoms with Crippen LogP contribution in [0.3, 0.4) is 0 Å². The predicted octanol–water partition coefficient (Wildman–Crippen LogP) is 1.80. The lowest BCUT2D eigenvalue weighted by Crippen LogP contribution is -2.43. The van der Waals surface area contributed by atoms with Crippen molar-refractivity contribution < 1.29 is 23.0 Å². The van der Waals surface area contributed by atoms with Crippen molar-refractivity contribution in [2.45, 2.75) is 25.4 Å². The van der Waals surface area contributed by atoms with Crippen LogP contribution in [0.5, 0.6) is 5.75 Å². The SMILES string of the molecule is CCC1(C(=O)OC)Cc2cc(N)c(F)c(F)c2O1. The van der Waals surface area contributed by atoms with E-state index >= 15 is 0 Å². The van der Waals surface area contributed by atoms with Gasteiger partial charge in [-0.1, -0.05) is 6.92 Å². The molecule has 98 valence electrons. The number of esters is 1. The summed E-state index contributed by atoms with van der Waals surface area (Å²) in [6.45, 7) is 1.71. The summed E-state index contributed by atoms with van der Waals surface area (Å²) in [5.41, 5.74) is 4.13. The lowest BCUT2D eigenvalue weighted by Gasteiger charge is -2.23. The zero-order chi connectivity index (χ0) is 13.5. The van der Waals surface area contributed by atoms with Crippen molar-refractivity contribution in [3.8, 4) is 5.75 Å². The first-order valence-corrected chi connectivity index (χ1v) is 5.49. The lowest BCUT2D eigenvalue weighted by molar-refractivity contribution is -0.158. The van der Waals surface area contributed by atoms with Gasteiger partial charge in [0.2, 0.25) is 11.4 Å². The van der Waals surface area contributed by atoms with Gasteiger partial charge in [0, 0.05) is 12.0 Å². The van der Waals surface area contributed by atoms with E-state index in [1.165, 1.54) is 13.2 Å². The van der Waals surface area contributed by atoms with Gasteiger partial charge >= 0.3 is 5.97 Å². The molecule has 0 amide bonds. The topological polar surface area (TPSA) is 61.5 Å². The monoisotopic (exact) mass is 257 g/mol. The number of anilines is 1. The minimum absolute atomic E-state index is 0.118. The van der Waals surface area contributed by atoms with Crippen molar-refractivity contribution in [3.63, 3.8) is 0 Å². The summed E-state index contributed by atoms with van der Waals surface area (Å²) < 4.78 is 37.0. The van der Waals surface area contributed by atoms with Crippen LogP contribution in [0.25, 0.3) is 0 Å². The molecule has 2 rings (SSSR count). The molecule has 0 spiro atoms. The van der Waals surface area contributed by atoms with Crippen molar-refractivity contribution in [2.75, 3.05) is 12.8 Å². The molecule has 4 nitrogen and oxygen atoms in total. The fourth-order valence-electron chi connectivity index (χ4n) is 2.11. The van der Waals surface area contributed by atoms with E-state index in [0.29, 0.717) is 5.56 Å². The highest BCUT2D eigenvalue weighted by molar-refractivity contribution is 5.82. The number of fused-ring (bicyclic) bond motifs is 1. The first kappa shape index (κ1) is 12.6. The van der Waals surface area contributed by atoms with Crippen molar-refractivity contribution in [2.24, 2.45) is 0 Å². The largest absolute Gasteiger partial charge is 0.472 e. The molecule has 0 saturated carbocycles. The molecule has 2 N–H and O–H groups in total. The Hall–Kier alpha value is -1.85. The zero-order valence-electron chi connectivity index (χ0n) is 10.0. The van der Waals surface area contributed by atoms with Gasteiger partial charge in [0.25, 0.3) is 0 Å². The van der Waals surface area contributed by atoms with Gasteiger partial charge in [0.05, 0.1) is 12.8 Å². The highest BCUT2D eigenvalue weighted by Crippen LogP contribution is 2.41. The molecular weight excluding hydrogens is 244 g/mol. The molecule has 0 saturated heterocycles. The fraction of sp³-hybridized carbons (Fsp3) is 0.417. The highest BCUT2D eigenvalue weighted by atomic mass is 19.2. The lowest BCUT2D eigenvalue weighted by atomic mass is 9.94. The van der Waals surface area contributed by atoms with Crippen LogP contribution in [0.15, 0.2) is 6.07 Å². The molecule has 0 aromatic heterocycles. The zero-order valence-corrected chi connectivity index (χ0v) is 10.0. The first-order chi connectivity index (χ1) is 8.45. The average molecular weight is 257 g/mol. The minimum atomic E-state index is -1.29. The molecule has 0 fully saturated rings. The van der Waals surface area contributed by atoms with Gasteiger partial charge < -0.3 is 15.2 Å². The maximum Gasteiger partial charge on any atom is 0.350 e. The normalized spacial score (nSPS) is 21.3. The Labute approximate surface area is 103 Å². The Balaban J connectivity index is 2.49. The molecule has 1 unspecified atom stereocenters. The number of ether oxygens (including phenoxy) is 2. The van der Waals surface area contributed by atoms with E-state index in [9.17, 15) is 13.6 Å². The van der Waals surface area contributed by atoms with Crippen LogP contribution in [0.4, 0.5) is 14.5 Å². The van der Waals surface area contributed by atoms with E-state index in [4.69, 9.17) is 10.5 Å². The van der Waals surface area contributed by atoms with Gasteiger partial charge in [0.15, 0.2) is 11.6 Å². The number of carbonyl (C=O) groups is 1. The van der Waals surface area contributed by atoms with E-state index in [-0.39, 0.29) is 24.3 Å². The predicted molar refractivity (Wildman–Crippen MR) is 60.1 cm³/mol. The van der Waals surface area contributed by atoms with Crippen LogP contribution in [-0.2, 0) is 16.0 Å². The average Bonchev–Trinajstić information content (AvgIpc) is 2.75. The number of halogens is 2. The molecule has 0 bridgehead atoms. The van der Waals surface area contributed by atoms with E-state index in [1.807, 2.05) is 0 Å². The molecule has 1 aromatic carbocycles. The van der Waals surface area contributed by atoms with Crippen LogP contribution < -0.4 is 10.5 Å². The molecule has 1 aliphatic heterocycles. The molecule has 1 aliphatic rings. The fourth-order valence-corrected chi connectivity index (χ4v) is 2.11. The second-order valence-corrected chi connectivity index (χ2v) is 4.20. The molecule has 1 aromatic rings. The molecule has 6 heteroatoms. The van der Waals surface area contributed by atoms with E-state index in [2.05, 4.69) is 4.74 Å². The summed E-state index contributed by atoms with van der Waals surface area (Å²) in [7, 11) is 1.22. The summed E-state index contributed by atoms with van der Waals surface area (Å²) in [6.07, 6.45) is 0.405. The Morgan fingerprint density at radius 3 is 2.78 bits per heavy atom. The summed E-state index contributed by atoms with van der Waals surface area (Å²) in [6, 6.07) is 1.29. The van der Waals surface area contributed by atoms with E-state index in [0.717, 1.165) is 0 Å². The minimum Gasteiger partial charge on any atom is -0.472 e. The number of carbonyl (C=O) groups excluding carboxylic acids is 1. The van der Waals surface area contributed by atoms with Gasteiger partial charge in [-0.15, -0.1) is 0 Å². The summed E-state index contributed by atoms with van der Waals surface area (Å²) in [4.78, 5) is 11.7. The number of rotatable bonds is 2. The van der Waals surface area contributed by atoms with Gasteiger partial charge in [-0.25, -0.2) is 9.18 Å². The number of nitrogen functional groups attached to an aromatic ring is 1. The molecule has 0 radical (unpaired) electrons. The van der Waals surface area contributed by atoms with Crippen molar-refractivity contribution in [1.82, 2.24) is 0 Å². The molecular formula is C12H13F2NO3. The highest BCUT2D eigenvalue weighted by Gasteiger charge is 2.47. The Morgan fingerprint density at radius 1 is 1.56 bits per heavy atom. The molecule has 1 atom stereocenters. The van der Waals surface area contributed by atoms with Crippen LogP contribution in [0, 0.1) is 11.6 Å². The number of hydrogen-bond donors (Lipinski definition) is 1. The Kier molecular flexibility index (Phi) is 2.88. The van der Waals surface area contributed by atoms with Crippen LogP contribution >= 0.6 is 0 Å². The van der Waals surface area contributed by atoms with E-state index < -0.39 is 23.2 Å². The molecule has 0 aliphatic carbocycles. The number of nitrogens with two attached hydrogens (primary N) is 1. The number of hydrogen-bond acceptors (Lipinski definition) is 4. The van der Waals surface area contributed by atoms with Crippen LogP contribution in [-0.4, -0.2) is 18.7 Å². The van der Waals surface area contributed by atoms with Crippen molar-refractivity contribution in [1.29, 1.82) is 0 Å². The van der Waals surface area contributed by atoms with Crippen molar-refractivity contribution >= 4 is 11.7 Å². The summed E-state index contributed by atoms with van der Waals surface area (Å²) in [5, 5.41) is 0. The standard InChI is InChI=1S/C12H13F2NO3/c1-3-12(11(16)17-2)5-6-4-7(15)8(13)9(14)10(6)18-12/h4H,3,5,15H2,1-2H3. The maximum atomic E-state index is 13.7. The van der Waals surface area contributed by atoms with Crippen LogP contribution in [0.2, 0.25) is 0 Å². The third kappa shape index (κ3) is 1.60. The van der Waals surface area contributed by atoms with Gasteiger partial charge in [-0.05, 0) is 12.5 Å². The third-order valence-electron chi connectivity index (χ3n) is 3.17. The second kappa shape index (κ2) is 4.12. The number of methoxy groups -OCH3 is 1. The Bertz CT molecular complexity index is 519. The maximum absolute atomic E-state index is 13.7. The summed E-state index contributed by atoms with van der Waals surface area (Å²) in [5.74, 6) is -3.19. The second-order valence-electron chi connectivity index (χ2n) is 4.20. The van der Waals surface area contributed by atoms with Gasteiger partial charge in [-0.3, -0.25) is 0 Å². The quantitative estimate of drug-likeness (QED) is 0.648. The number of benzene rings is 1. The van der Waals surface area contributed by atoms with E-state index in [1.54, 1.807) is 6.92 Å². The third-order valence-corrected chi connectivity index (χ3v) is 3.17. The van der Waals surface area contributed by atoms with Gasteiger partial charge in [0.1, 0.15) is 0 Å². The first-order valence-electron chi connectivity index (χ1n) is 5.49.